The first-order chi connectivity index (χ1) is 11.3. The quantitative estimate of drug-likeness (QED) is 0.625. The van der Waals surface area contributed by atoms with Gasteiger partial charge in [0.2, 0.25) is 0 Å². The van der Waals surface area contributed by atoms with Crippen LogP contribution in [-0.4, -0.2) is 41.0 Å². The van der Waals surface area contributed by atoms with Gasteiger partial charge in [0, 0.05) is 17.5 Å². The van der Waals surface area contributed by atoms with E-state index in [4.69, 9.17) is 4.74 Å². The Bertz CT molecular complexity index is 791. The van der Waals surface area contributed by atoms with Crippen LogP contribution in [0.25, 0.3) is 0 Å². The average Bonchev–Trinajstić information content (AvgIpc) is 2.54. The van der Waals surface area contributed by atoms with E-state index in [1.807, 2.05) is 0 Å². The van der Waals surface area contributed by atoms with Gasteiger partial charge in [0.15, 0.2) is 11.6 Å². The second kappa shape index (κ2) is 5.76. The first-order valence-electron chi connectivity index (χ1n) is 7.44. The summed E-state index contributed by atoms with van der Waals surface area (Å²) in [6, 6.07) is 0. The maximum absolute atomic E-state index is 12.1. The van der Waals surface area contributed by atoms with Gasteiger partial charge in [-0.3, -0.25) is 14.4 Å². The molecule has 1 aromatic rings. The number of phenols is 2. The first-order valence-corrected chi connectivity index (χ1v) is 7.44. The molecule has 0 radical (unpaired) electrons. The van der Waals surface area contributed by atoms with Crippen LogP contribution in [0.5, 0.6) is 11.5 Å². The van der Waals surface area contributed by atoms with Gasteiger partial charge >= 0.3 is 5.97 Å². The van der Waals surface area contributed by atoms with E-state index in [1.54, 1.807) is 6.92 Å². The third kappa shape index (κ3) is 2.37. The first kappa shape index (κ1) is 16.2. The van der Waals surface area contributed by atoms with Crippen molar-refractivity contribution in [1.82, 2.24) is 0 Å². The molecule has 1 aliphatic heterocycles. The Labute approximate surface area is 137 Å². The molecule has 7 nitrogen and oxygen atoms in total. The molecule has 7 heteroatoms. The second-order valence-electron chi connectivity index (χ2n) is 5.79. The van der Waals surface area contributed by atoms with Crippen LogP contribution in [-0.2, 0) is 20.7 Å². The number of hydrogen-bond acceptors (Lipinski definition) is 7. The van der Waals surface area contributed by atoms with Crippen molar-refractivity contribution in [3.63, 3.8) is 0 Å². The zero-order chi connectivity index (χ0) is 17.6. The van der Waals surface area contributed by atoms with Gasteiger partial charge in [-0.2, -0.15) is 0 Å². The minimum absolute atomic E-state index is 0.0235. The largest absolute Gasteiger partial charge is 0.507 e. The van der Waals surface area contributed by atoms with Crippen LogP contribution in [0.15, 0.2) is 12.2 Å². The van der Waals surface area contributed by atoms with E-state index >= 15 is 0 Å². The van der Waals surface area contributed by atoms with Gasteiger partial charge in [0.1, 0.15) is 11.5 Å². The maximum Gasteiger partial charge on any atom is 0.308 e. The molecule has 0 fully saturated rings. The van der Waals surface area contributed by atoms with Crippen LogP contribution in [0.4, 0.5) is 0 Å². The van der Waals surface area contributed by atoms with E-state index in [0.717, 1.165) is 12.2 Å². The molecule has 126 valence electrons. The number of rotatable bonds is 2. The van der Waals surface area contributed by atoms with Crippen LogP contribution in [0, 0.1) is 0 Å². The molecule has 3 rings (SSSR count). The number of allylic oxidation sites excluding steroid dienone is 2. The summed E-state index contributed by atoms with van der Waals surface area (Å²) in [4.78, 5) is 35.6. The molecule has 1 heterocycles. The Morgan fingerprint density at radius 1 is 1.21 bits per heavy atom. The molecule has 1 aromatic carbocycles. The second-order valence-corrected chi connectivity index (χ2v) is 5.79. The minimum atomic E-state index is -0.659. The van der Waals surface area contributed by atoms with E-state index in [-0.39, 0.29) is 41.0 Å². The summed E-state index contributed by atoms with van der Waals surface area (Å²) >= 11 is 0. The van der Waals surface area contributed by atoms with Crippen molar-refractivity contribution < 1.29 is 34.1 Å². The van der Waals surface area contributed by atoms with Crippen LogP contribution in [0.2, 0.25) is 0 Å². The highest BCUT2D eigenvalue weighted by Crippen LogP contribution is 2.46. The van der Waals surface area contributed by atoms with Gasteiger partial charge in [-0.1, -0.05) is 0 Å². The summed E-state index contributed by atoms with van der Waals surface area (Å²) < 4.78 is 10.3. The Hall–Kier alpha value is -2.67. The summed E-state index contributed by atoms with van der Waals surface area (Å²) in [7, 11) is 1.26. The number of aromatic hydroxyl groups is 2. The molecule has 0 spiro atoms. The van der Waals surface area contributed by atoms with E-state index in [0.29, 0.717) is 5.56 Å². The number of ether oxygens (including phenoxy) is 2. The molecular formula is C17H16O7. The lowest BCUT2D eigenvalue weighted by atomic mass is 9.83. The van der Waals surface area contributed by atoms with Crippen molar-refractivity contribution in [2.24, 2.45) is 0 Å². The zero-order valence-corrected chi connectivity index (χ0v) is 13.2. The topological polar surface area (TPSA) is 110 Å². The van der Waals surface area contributed by atoms with Gasteiger partial charge in [-0.05, 0) is 19.1 Å². The Morgan fingerprint density at radius 2 is 1.79 bits per heavy atom. The predicted molar refractivity (Wildman–Crippen MR) is 81.2 cm³/mol. The Balaban J connectivity index is 2.14. The van der Waals surface area contributed by atoms with E-state index in [9.17, 15) is 24.6 Å². The van der Waals surface area contributed by atoms with Gasteiger partial charge < -0.3 is 19.7 Å². The van der Waals surface area contributed by atoms with Crippen molar-refractivity contribution in [3.05, 3.63) is 34.4 Å². The van der Waals surface area contributed by atoms with E-state index in [1.165, 1.54) is 7.11 Å². The minimum Gasteiger partial charge on any atom is -0.507 e. The normalized spacial score (nSPS) is 22.1. The number of carbonyl (C=O) groups is 3. The molecule has 2 atom stereocenters. The summed E-state index contributed by atoms with van der Waals surface area (Å²) in [5.41, 5.74) is 0.171. The molecule has 2 N–H and O–H groups in total. The van der Waals surface area contributed by atoms with Gasteiger partial charge in [0.25, 0.3) is 0 Å². The molecule has 1 aliphatic carbocycles. The third-order valence-corrected chi connectivity index (χ3v) is 4.33. The van der Waals surface area contributed by atoms with Gasteiger partial charge in [-0.15, -0.1) is 0 Å². The highest BCUT2D eigenvalue weighted by atomic mass is 16.5. The van der Waals surface area contributed by atoms with Gasteiger partial charge in [-0.25, -0.2) is 0 Å². The van der Waals surface area contributed by atoms with Crippen molar-refractivity contribution in [2.75, 3.05) is 7.11 Å². The van der Waals surface area contributed by atoms with Gasteiger partial charge in [0.05, 0.1) is 36.9 Å². The Kier molecular flexibility index (Phi) is 3.88. The van der Waals surface area contributed by atoms with Crippen molar-refractivity contribution >= 4 is 17.5 Å². The fourth-order valence-corrected chi connectivity index (χ4v) is 3.26. The lowest BCUT2D eigenvalue weighted by Crippen LogP contribution is -2.29. The van der Waals surface area contributed by atoms with E-state index < -0.39 is 29.7 Å². The van der Waals surface area contributed by atoms with Crippen LogP contribution >= 0.6 is 0 Å². The summed E-state index contributed by atoms with van der Waals surface area (Å²) in [5, 5.41) is 21.0. The number of fused-ring (bicyclic) bond motifs is 2. The van der Waals surface area contributed by atoms with Crippen LogP contribution < -0.4 is 0 Å². The van der Waals surface area contributed by atoms with Crippen molar-refractivity contribution in [1.29, 1.82) is 0 Å². The lowest BCUT2D eigenvalue weighted by Gasteiger charge is -2.32. The summed E-state index contributed by atoms with van der Waals surface area (Å²) in [6.07, 6.45) is 0.994. The number of esters is 1. The SMILES string of the molecule is COC(=O)C[C@@H]1Cc2c(O)c3c(c(O)c2[C@@H](C)O1)C(=O)C=CC3=O. The molecule has 0 unspecified atom stereocenters. The standard InChI is InChI=1S/C17H16O7/c1-7-13-9(5-8(24-7)6-12(20)23-2)16(21)14-10(18)3-4-11(19)15(14)17(13)22/h3-4,7-8,21-22H,5-6H2,1-2H3/t7-,8+/m1/s1. The maximum atomic E-state index is 12.1. The highest BCUT2D eigenvalue weighted by Gasteiger charge is 2.37. The molecule has 0 aromatic heterocycles. The van der Waals surface area contributed by atoms with Crippen LogP contribution in [0.3, 0.4) is 0 Å². The molecule has 0 saturated heterocycles. The number of benzene rings is 1. The fraction of sp³-hybridized carbons (Fsp3) is 0.353. The monoisotopic (exact) mass is 332 g/mol. The summed E-state index contributed by atoms with van der Waals surface area (Å²) in [6.45, 7) is 1.64. The molecule has 0 amide bonds. The third-order valence-electron chi connectivity index (χ3n) is 4.33. The fourth-order valence-electron chi connectivity index (χ4n) is 3.26. The Morgan fingerprint density at radius 3 is 2.38 bits per heavy atom. The zero-order valence-electron chi connectivity index (χ0n) is 13.2. The number of carbonyl (C=O) groups excluding carboxylic acids is 3. The predicted octanol–water partition coefficient (Wildman–Crippen LogP) is 1.60. The summed E-state index contributed by atoms with van der Waals surface area (Å²) in [5.74, 6) is -2.27. The number of phenolic OH excluding ortho intramolecular Hbond substituents is 2. The van der Waals surface area contributed by atoms with Crippen molar-refractivity contribution in [2.45, 2.75) is 32.0 Å². The van der Waals surface area contributed by atoms with Crippen LogP contribution in [0.1, 0.15) is 51.3 Å². The smallest absolute Gasteiger partial charge is 0.308 e. The number of methoxy groups -OCH3 is 1. The molecule has 0 bridgehead atoms. The molecule has 24 heavy (non-hydrogen) atoms. The number of ketones is 2. The molecule has 0 saturated carbocycles. The van der Waals surface area contributed by atoms with E-state index in [2.05, 4.69) is 4.74 Å². The molecular weight excluding hydrogens is 316 g/mol. The van der Waals surface area contributed by atoms with Crippen molar-refractivity contribution in [3.8, 4) is 11.5 Å². The highest BCUT2D eigenvalue weighted by molar-refractivity contribution is 6.24. The lowest BCUT2D eigenvalue weighted by molar-refractivity contribution is -0.145. The molecule has 2 aliphatic rings. The number of hydrogen-bond donors (Lipinski definition) is 2. The average molecular weight is 332 g/mol.